The van der Waals surface area contributed by atoms with Crippen LogP contribution >= 0.6 is 0 Å². The Morgan fingerprint density at radius 2 is 1.71 bits per heavy atom. The van der Waals surface area contributed by atoms with Gasteiger partial charge in [0.2, 0.25) is 0 Å². The Balaban J connectivity index is 1.38. The fourth-order valence-electron chi connectivity index (χ4n) is 6.12. The molecule has 196 valence electrons. The van der Waals surface area contributed by atoms with Crippen LogP contribution in [0, 0.1) is 6.92 Å². The number of hydrogen-bond acceptors (Lipinski definition) is 5. The van der Waals surface area contributed by atoms with Crippen LogP contribution in [0.5, 0.6) is 0 Å². The Labute approximate surface area is 222 Å². The van der Waals surface area contributed by atoms with Gasteiger partial charge in [-0.05, 0) is 49.9 Å². The second-order valence-electron chi connectivity index (χ2n) is 10.4. The molecule has 3 heterocycles. The number of aliphatic hydroxyl groups is 1. The molecule has 1 amide bonds. The van der Waals surface area contributed by atoms with Crippen molar-refractivity contribution in [3.63, 3.8) is 0 Å². The van der Waals surface area contributed by atoms with Crippen LogP contribution < -0.4 is 0 Å². The number of amides is 1. The minimum absolute atomic E-state index is 0.155. The molecule has 3 unspecified atom stereocenters. The van der Waals surface area contributed by atoms with Crippen molar-refractivity contribution in [2.24, 2.45) is 0 Å². The van der Waals surface area contributed by atoms with Crippen LogP contribution in [0.4, 0.5) is 4.79 Å². The standard InChI is InChI=1S/C30H30N2O5S/c1-21-14-16-24(17-15-21)38(35,36)31-19-26(25-11-5-6-12-27(25)31)30(34)18-23-10-7-13-28(30)32(23)29(33)37-20-22-8-3-2-4-9-22/h2-6,8-9,11-12,14-17,19,23,28,34H,7,10,13,18,20H2,1H3. The summed E-state index contributed by atoms with van der Waals surface area (Å²) in [5.74, 6) is 0. The van der Waals surface area contributed by atoms with E-state index in [2.05, 4.69) is 0 Å². The van der Waals surface area contributed by atoms with Crippen LogP contribution in [0.2, 0.25) is 0 Å². The highest BCUT2D eigenvalue weighted by Gasteiger charge is 2.57. The third-order valence-corrected chi connectivity index (χ3v) is 9.67. The topological polar surface area (TPSA) is 88.8 Å². The molecule has 0 spiro atoms. The van der Waals surface area contributed by atoms with Gasteiger partial charge in [0.15, 0.2) is 0 Å². The van der Waals surface area contributed by atoms with E-state index < -0.39 is 27.8 Å². The Morgan fingerprint density at radius 3 is 2.47 bits per heavy atom. The second-order valence-corrected chi connectivity index (χ2v) is 12.2. The van der Waals surface area contributed by atoms with Crippen LogP contribution in [-0.4, -0.2) is 40.6 Å². The normalized spacial score (nSPS) is 23.1. The van der Waals surface area contributed by atoms with Gasteiger partial charge in [0.05, 0.1) is 16.5 Å². The first-order valence-electron chi connectivity index (χ1n) is 12.9. The third kappa shape index (κ3) is 3.99. The molecule has 2 bridgehead atoms. The van der Waals surface area contributed by atoms with Gasteiger partial charge in [0.1, 0.15) is 12.2 Å². The zero-order valence-corrected chi connectivity index (χ0v) is 22.0. The smallest absolute Gasteiger partial charge is 0.410 e. The molecule has 0 saturated carbocycles. The molecule has 6 rings (SSSR count). The summed E-state index contributed by atoms with van der Waals surface area (Å²) in [6, 6.07) is 22.8. The summed E-state index contributed by atoms with van der Waals surface area (Å²) in [7, 11) is -3.91. The number of benzene rings is 3. The summed E-state index contributed by atoms with van der Waals surface area (Å²) in [6.45, 7) is 2.06. The molecule has 38 heavy (non-hydrogen) atoms. The minimum atomic E-state index is -3.91. The third-order valence-electron chi connectivity index (χ3n) is 7.98. The average molecular weight is 531 g/mol. The molecule has 2 aliphatic heterocycles. The van der Waals surface area contributed by atoms with Crippen LogP contribution in [-0.2, 0) is 27.0 Å². The first-order valence-corrected chi connectivity index (χ1v) is 14.4. The van der Waals surface area contributed by atoms with Gasteiger partial charge in [-0.2, -0.15) is 0 Å². The quantitative estimate of drug-likeness (QED) is 0.376. The number of para-hydroxylation sites is 1. The van der Waals surface area contributed by atoms with Crippen molar-refractivity contribution in [3.05, 3.63) is 102 Å². The van der Waals surface area contributed by atoms with Gasteiger partial charge in [-0.3, -0.25) is 4.90 Å². The first-order chi connectivity index (χ1) is 18.3. The zero-order chi connectivity index (χ0) is 26.5. The minimum Gasteiger partial charge on any atom is -0.445 e. The Kier molecular flexibility index (Phi) is 6.04. The summed E-state index contributed by atoms with van der Waals surface area (Å²) in [4.78, 5) is 15.2. The van der Waals surface area contributed by atoms with Crippen molar-refractivity contribution in [1.82, 2.24) is 8.87 Å². The van der Waals surface area contributed by atoms with Gasteiger partial charge in [-0.1, -0.05) is 66.2 Å². The summed E-state index contributed by atoms with van der Waals surface area (Å²) < 4.78 is 34.3. The summed E-state index contributed by atoms with van der Waals surface area (Å²) in [5.41, 5.74) is 1.48. The molecule has 7 nitrogen and oxygen atoms in total. The summed E-state index contributed by atoms with van der Waals surface area (Å²) in [6.07, 6.45) is 3.68. The van der Waals surface area contributed by atoms with E-state index in [4.69, 9.17) is 4.74 Å². The van der Waals surface area contributed by atoms with E-state index in [0.717, 1.165) is 24.0 Å². The lowest BCUT2D eigenvalue weighted by Gasteiger charge is -2.37. The lowest BCUT2D eigenvalue weighted by molar-refractivity contribution is -0.0106. The molecule has 2 aliphatic rings. The lowest BCUT2D eigenvalue weighted by Crippen LogP contribution is -2.49. The highest BCUT2D eigenvalue weighted by Crippen LogP contribution is 2.50. The van der Waals surface area contributed by atoms with Crippen LogP contribution in [0.25, 0.3) is 10.9 Å². The fraction of sp³-hybridized carbons (Fsp3) is 0.300. The van der Waals surface area contributed by atoms with Crippen molar-refractivity contribution < 1.29 is 23.1 Å². The van der Waals surface area contributed by atoms with E-state index in [1.807, 2.05) is 49.4 Å². The molecular formula is C30H30N2O5S. The molecule has 3 aromatic carbocycles. The van der Waals surface area contributed by atoms with Crippen LogP contribution in [0.15, 0.2) is 90.0 Å². The number of hydrogen-bond donors (Lipinski definition) is 1. The number of carbonyl (C=O) groups excluding carboxylic acids is 1. The molecule has 3 atom stereocenters. The van der Waals surface area contributed by atoms with E-state index in [1.165, 1.54) is 3.97 Å². The molecule has 2 fully saturated rings. The SMILES string of the molecule is Cc1ccc(S(=O)(=O)n2cc(C3(O)CC4CCCC3N4C(=O)OCc3ccccc3)c3ccccc32)cc1. The van der Waals surface area contributed by atoms with Crippen molar-refractivity contribution in [2.75, 3.05) is 0 Å². The molecule has 4 aromatic rings. The van der Waals surface area contributed by atoms with E-state index in [1.54, 1.807) is 47.5 Å². The van der Waals surface area contributed by atoms with Gasteiger partial charge < -0.3 is 9.84 Å². The van der Waals surface area contributed by atoms with E-state index >= 15 is 0 Å². The van der Waals surface area contributed by atoms with E-state index in [-0.39, 0.29) is 17.5 Å². The molecule has 8 heteroatoms. The van der Waals surface area contributed by atoms with Crippen molar-refractivity contribution >= 4 is 27.0 Å². The van der Waals surface area contributed by atoms with Crippen LogP contribution in [0.3, 0.4) is 0 Å². The lowest BCUT2D eigenvalue weighted by atomic mass is 9.85. The Bertz CT molecular complexity index is 1600. The number of aromatic nitrogens is 1. The fourth-order valence-corrected chi connectivity index (χ4v) is 7.49. The number of nitrogens with zero attached hydrogens (tertiary/aromatic N) is 2. The molecule has 0 aliphatic carbocycles. The van der Waals surface area contributed by atoms with Gasteiger partial charge >= 0.3 is 6.09 Å². The highest BCUT2D eigenvalue weighted by molar-refractivity contribution is 7.90. The molecule has 2 saturated heterocycles. The van der Waals surface area contributed by atoms with Gasteiger partial charge in [-0.15, -0.1) is 0 Å². The number of piperidine rings is 1. The summed E-state index contributed by atoms with van der Waals surface area (Å²) >= 11 is 0. The number of ether oxygens (including phenoxy) is 1. The van der Waals surface area contributed by atoms with E-state index in [0.29, 0.717) is 29.3 Å². The predicted octanol–water partition coefficient (Wildman–Crippen LogP) is 5.34. The van der Waals surface area contributed by atoms with E-state index in [9.17, 15) is 18.3 Å². The number of aryl methyl sites for hydroxylation is 1. The first kappa shape index (κ1) is 24.7. The maximum absolute atomic E-state index is 13.7. The van der Waals surface area contributed by atoms with Crippen molar-refractivity contribution in [3.8, 4) is 0 Å². The largest absolute Gasteiger partial charge is 0.445 e. The maximum Gasteiger partial charge on any atom is 0.410 e. The van der Waals surface area contributed by atoms with Crippen molar-refractivity contribution in [2.45, 2.75) is 61.8 Å². The number of carbonyl (C=O) groups is 1. The summed E-state index contributed by atoms with van der Waals surface area (Å²) in [5, 5.41) is 12.9. The molecular weight excluding hydrogens is 500 g/mol. The Morgan fingerprint density at radius 1 is 1.00 bits per heavy atom. The monoisotopic (exact) mass is 530 g/mol. The number of fused-ring (bicyclic) bond motifs is 3. The second kappa shape index (κ2) is 9.29. The maximum atomic E-state index is 13.7. The molecule has 1 N–H and O–H groups in total. The number of rotatable bonds is 5. The molecule has 0 radical (unpaired) electrons. The highest BCUT2D eigenvalue weighted by atomic mass is 32.2. The van der Waals surface area contributed by atoms with Crippen molar-refractivity contribution in [1.29, 1.82) is 0 Å². The Hall–Kier alpha value is -3.62. The average Bonchev–Trinajstić information content (AvgIpc) is 3.40. The van der Waals surface area contributed by atoms with Gasteiger partial charge in [0.25, 0.3) is 10.0 Å². The molecule has 1 aromatic heterocycles. The van der Waals surface area contributed by atoms with Gasteiger partial charge in [0, 0.05) is 29.6 Å². The predicted molar refractivity (Wildman–Crippen MR) is 144 cm³/mol. The van der Waals surface area contributed by atoms with Gasteiger partial charge in [-0.25, -0.2) is 17.2 Å². The zero-order valence-electron chi connectivity index (χ0n) is 21.2. The van der Waals surface area contributed by atoms with Crippen LogP contribution in [0.1, 0.15) is 42.4 Å².